The first-order chi connectivity index (χ1) is 8.54. The van der Waals surface area contributed by atoms with E-state index in [9.17, 15) is 13.2 Å². The monoisotopic (exact) mass is 255 g/mol. The fourth-order valence-electron chi connectivity index (χ4n) is 2.48. The highest BCUT2D eigenvalue weighted by Crippen LogP contribution is 2.46. The van der Waals surface area contributed by atoms with Crippen molar-refractivity contribution in [1.29, 1.82) is 0 Å². The van der Waals surface area contributed by atoms with Crippen molar-refractivity contribution in [3.05, 3.63) is 29.8 Å². The molecule has 2 aliphatic carbocycles. The van der Waals surface area contributed by atoms with Crippen LogP contribution in [0.4, 0.5) is 18.9 Å². The van der Waals surface area contributed by atoms with Gasteiger partial charge in [0.1, 0.15) is 0 Å². The summed E-state index contributed by atoms with van der Waals surface area (Å²) in [6.07, 6.45) is 0.790. The number of rotatable bonds is 4. The molecule has 0 atom stereocenters. The van der Waals surface area contributed by atoms with E-state index in [-0.39, 0.29) is 0 Å². The molecule has 2 fully saturated rings. The van der Waals surface area contributed by atoms with E-state index in [1.165, 1.54) is 25.7 Å². The van der Waals surface area contributed by atoms with Crippen LogP contribution in [0.5, 0.6) is 0 Å². The predicted octanol–water partition coefficient (Wildman–Crippen LogP) is 4.31. The Hall–Kier alpha value is -1.19. The second-order valence-electron chi connectivity index (χ2n) is 5.42. The maximum Gasteiger partial charge on any atom is 0.416 e. The van der Waals surface area contributed by atoms with Gasteiger partial charge < -0.3 is 5.32 Å². The average molecular weight is 255 g/mol. The largest absolute Gasteiger partial charge is 0.416 e. The summed E-state index contributed by atoms with van der Waals surface area (Å²) in [4.78, 5) is 0. The molecule has 3 rings (SSSR count). The lowest BCUT2D eigenvalue weighted by Crippen LogP contribution is -2.24. The van der Waals surface area contributed by atoms with Crippen LogP contribution in [-0.4, -0.2) is 6.04 Å². The molecule has 2 aliphatic rings. The molecule has 18 heavy (non-hydrogen) atoms. The molecule has 0 heterocycles. The Kier molecular flexibility index (Phi) is 2.76. The number of hydrogen-bond acceptors (Lipinski definition) is 1. The number of benzene rings is 1. The summed E-state index contributed by atoms with van der Waals surface area (Å²) in [6, 6.07) is 5.86. The Morgan fingerprint density at radius 2 is 1.44 bits per heavy atom. The number of hydrogen-bond donors (Lipinski definition) is 1. The minimum Gasteiger partial charge on any atom is -0.382 e. The highest BCUT2D eigenvalue weighted by atomic mass is 19.4. The van der Waals surface area contributed by atoms with E-state index >= 15 is 0 Å². The van der Waals surface area contributed by atoms with Crippen LogP contribution in [0.1, 0.15) is 31.2 Å². The van der Waals surface area contributed by atoms with Gasteiger partial charge in [-0.2, -0.15) is 13.2 Å². The summed E-state index contributed by atoms with van der Waals surface area (Å²) in [5, 5.41) is 3.41. The summed E-state index contributed by atoms with van der Waals surface area (Å²) in [6.45, 7) is 0. The van der Waals surface area contributed by atoms with Crippen molar-refractivity contribution in [2.45, 2.75) is 37.9 Å². The molecule has 0 aliphatic heterocycles. The maximum absolute atomic E-state index is 12.4. The minimum atomic E-state index is -4.25. The molecule has 1 aromatic rings. The number of anilines is 1. The topological polar surface area (TPSA) is 12.0 Å². The highest BCUT2D eigenvalue weighted by Gasteiger charge is 2.41. The molecule has 0 saturated heterocycles. The van der Waals surface area contributed by atoms with Crippen LogP contribution in [0.2, 0.25) is 0 Å². The number of nitrogens with one attached hydrogen (secondary N) is 1. The normalized spacial score (nSPS) is 20.2. The molecule has 0 bridgehead atoms. The molecule has 0 aromatic heterocycles. The predicted molar refractivity (Wildman–Crippen MR) is 64.3 cm³/mol. The molecule has 0 spiro atoms. The standard InChI is InChI=1S/C14H16F3N/c15-14(16,17)11-5-7-12(8-6-11)18-13(9-1-2-9)10-3-4-10/h5-10,13,18H,1-4H2. The van der Waals surface area contributed by atoms with Gasteiger partial charge in [0, 0.05) is 11.7 Å². The lowest BCUT2D eigenvalue weighted by molar-refractivity contribution is -0.137. The van der Waals surface area contributed by atoms with Crippen LogP contribution in [0.15, 0.2) is 24.3 Å². The summed E-state index contributed by atoms with van der Waals surface area (Å²) in [7, 11) is 0. The van der Waals surface area contributed by atoms with E-state index in [4.69, 9.17) is 0 Å². The van der Waals surface area contributed by atoms with Crippen molar-refractivity contribution in [3.63, 3.8) is 0 Å². The molecule has 98 valence electrons. The van der Waals surface area contributed by atoms with Gasteiger partial charge in [-0.05, 0) is 61.8 Å². The van der Waals surface area contributed by atoms with Crippen molar-refractivity contribution in [1.82, 2.24) is 0 Å². The van der Waals surface area contributed by atoms with Gasteiger partial charge in [0.25, 0.3) is 0 Å². The zero-order valence-corrected chi connectivity index (χ0v) is 10.0. The Balaban J connectivity index is 1.68. The van der Waals surface area contributed by atoms with E-state index in [0.29, 0.717) is 6.04 Å². The summed E-state index contributed by atoms with van der Waals surface area (Å²) >= 11 is 0. The van der Waals surface area contributed by atoms with Gasteiger partial charge in [-0.25, -0.2) is 0 Å². The smallest absolute Gasteiger partial charge is 0.382 e. The van der Waals surface area contributed by atoms with Crippen LogP contribution in [0, 0.1) is 11.8 Å². The Labute approximate surface area is 104 Å². The zero-order chi connectivity index (χ0) is 12.8. The van der Waals surface area contributed by atoms with E-state index in [2.05, 4.69) is 5.32 Å². The quantitative estimate of drug-likeness (QED) is 0.845. The third-order valence-electron chi connectivity index (χ3n) is 3.81. The van der Waals surface area contributed by atoms with E-state index in [1.54, 1.807) is 12.1 Å². The second kappa shape index (κ2) is 4.18. The number of halogens is 3. The van der Waals surface area contributed by atoms with E-state index < -0.39 is 11.7 Å². The number of alkyl halides is 3. The van der Waals surface area contributed by atoms with Crippen molar-refractivity contribution < 1.29 is 13.2 Å². The van der Waals surface area contributed by atoms with Gasteiger partial charge in [0.05, 0.1) is 5.56 Å². The van der Waals surface area contributed by atoms with Gasteiger partial charge >= 0.3 is 6.18 Å². The lowest BCUT2D eigenvalue weighted by atomic mass is 10.1. The molecule has 0 amide bonds. The first-order valence-electron chi connectivity index (χ1n) is 6.48. The van der Waals surface area contributed by atoms with E-state index in [0.717, 1.165) is 29.7 Å². The molecule has 0 unspecified atom stereocenters. The van der Waals surface area contributed by atoms with Crippen LogP contribution in [0.25, 0.3) is 0 Å². The SMILES string of the molecule is FC(F)(F)c1ccc(NC(C2CC2)C2CC2)cc1. The Bertz CT molecular complexity index is 404. The van der Waals surface area contributed by atoms with Crippen molar-refractivity contribution in [2.24, 2.45) is 11.8 Å². The third kappa shape index (κ3) is 2.62. The molecular formula is C14H16F3N. The van der Waals surface area contributed by atoms with Crippen molar-refractivity contribution >= 4 is 5.69 Å². The van der Waals surface area contributed by atoms with E-state index in [1.807, 2.05) is 0 Å². The molecule has 2 saturated carbocycles. The van der Waals surface area contributed by atoms with Gasteiger partial charge in [-0.3, -0.25) is 0 Å². The van der Waals surface area contributed by atoms with Crippen molar-refractivity contribution in [3.8, 4) is 0 Å². The molecule has 1 aromatic carbocycles. The summed E-state index contributed by atoms with van der Waals surface area (Å²) < 4.78 is 37.3. The van der Waals surface area contributed by atoms with Crippen molar-refractivity contribution in [2.75, 3.05) is 5.32 Å². The van der Waals surface area contributed by atoms with Gasteiger partial charge in [-0.1, -0.05) is 0 Å². The fourth-order valence-corrected chi connectivity index (χ4v) is 2.48. The van der Waals surface area contributed by atoms with Gasteiger partial charge in [-0.15, -0.1) is 0 Å². The highest BCUT2D eigenvalue weighted by molar-refractivity contribution is 5.46. The molecular weight excluding hydrogens is 239 g/mol. The molecule has 0 radical (unpaired) electrons. The average Bonchev–Trinajstić information content (AvgIpc) is 3.16. The maximum atomic E-state index is 12.4. The third-order valence-corrected chi connectivity index (χ3v) is 3.81. The Morgan fingerprint density at radius 1 is 0.944 bits per heavy atom. The second-order valence-corrected chi connectivity index (χ2v) is 5.42. The first-order valence-corrected chi connectivity index (χ1v) is 6.48. The lowest BCUT2D eigenvalue weighted by Gasteiger charge is -2.19. The molecule has 1 nitrogen and oxygen atoms in total. The summed E-state index contributed by atoms with van der Waals surface area (Å²) in [5.41, 5.74) is 0.231. The molecule has 4 heteroatoms. The van der Waals surface area contributed by atoms with Crippen LogP contribution in [-0.2, 0) is 6.18 Å². The zero-order valence-electron chi connectivity index (χ0n) is 10.0. The Morgan fingerprint density at radius 3 is 1.83 bits per heavy atom. The van der Waals surface area contributed by atoms with Crippen LogP contribution < -0.4 is 5.32 Å². The summed E-state index contributed by atoms with van der Waals surface area (Å²) in [5.74, 6) is 1.47. The minimum absolute atomic E-state index is 0.474. The van der Waals surface area contributed by atoms with Gasteiger partial charge in [0.2, 0.25) is 0 Å². The van der Waals surface area contributed by atoms with Crippen LogP contribution in [0.3, 0.4) is 0 Å². The molecule has 1 N–H and O–H groups in total. The van der Waals surface area contributed by atoms with Crippen LogP contribution >= 0.6 is 0 Å². The first kappa shape index (κ1) is 11.9. The fraction of sp³-hybridized carbons (Fsp3) is 0.571. The van der Waals surface area contributed by atoms with Gasteiger partial charge in [0.15, 0.2) is 0 Å².